The van der Waals surface area contributed by atoms with E-state index in [0.29, 0.717) is 18.8 Å². The summed E-state index contributed by atoms with van der Waals surface area (Å²) < 4.78 is 11.5. The summed E-state index contributed by atoms with van der Waals surface area (Å²) in [5.74, 6) is -0.996. The second-order valence-electron chi connectivity index (χ2n) is 8.29. The number of rotatable bonds is 9. The first-order valence-electron chi connectivity index (χ1n) is 11.2. The maximum absolute atomic E-state index is 13.1. The molecule has 0 saturated carbocycles. The number of carboxylic acid groups (broad SMARTS) is 2. The molecule has 1 heterocycles. The zero-order chi connectivity index (χ0) is 26.8. The molecule has 194 valence electrons. The second kappa shape index (κ2) is 13.6. The highest BCUT2D eigenvalue weighted by molar-refractivity contribution is 8.00. The summed E-state index contributed by atoms with van der Waals surface area (Å²) in [4.78, 5) is 37.2. The predicted octanol–water partition coefficient (Wildman–Crippen LogP) is 3.86. The molecule has 10 heteroatoms. The maximum atomic E-state index is 13.1. The molecular formula is C26H32N2O7S. The van der Waals surface area contributed by atoms with Crippen molar-refractivity contribution in [1.82, 2.24) is 4.90 Å². The van der Waals surface area contributed by atoms with Crippen molar-refractivity contribution in [3.8, 4) is 11.5 Å². The van der Waals surface area contributed by atoms with Crippen LogP contribution < -0.4 is 14.4 Å². The van der Waals surface area contributed by atoms with Crippen molar-refractivity contribution >= 4 is 35.3 Å². The predicted molar refractivity (Wildman–Crippen MR) is 139 cm³/mol. The van der Waals surface area contributed by atoms with Gasteiger partial charge in [0, 0.05) is 36.2 Å². The zero-order valence-corrected chi connectivity index (χ0v) is 21.9. The van der Waals surface area contributed by atoms with Crippen molar-refractivity contribution in [2.75, 3.05) is 46.3 Å². The molecule has 1 amide bonds. The number of carbonyl (C=O) groups is 3. The molecule has 3 rings (SSSR count). The Kier molecular flexibility index (Phi) is 10.8. The topological polar surface area (TPSA) is 117 Å². The van der Waals surface area contributed by atoms with Crippen LogP contribution in [0.3, 0.4) is 0 Å². The molecule has 2 aromatic rings. The number of hydrogen-bond donors (Lipinski definition) is 2. The number of aryl methyl sites for hydroxylation is 1. The van der Waals surface area contributed by atoms with Gasteiger partial charge in [0.1, 0.15) is 16.7 Å². The van der Waals surface area contributed by atoms with Crippen LogP contribution >= 0.6 is 11.8 Å². The number of thioether (sulfide) groups is 1. The van der Waals surface area contributed by atoms with Crippen molar-refractivity contribution in [2.24, 2.45) is 0 Å². The summed E-state index contributed by atoms with van der Waals surface area (Å²) in [5, 5.41) is 15.3. The molecule has 1 aliphatic heterocycles. The molecule has 0 fully saturated rings. The van der Waals surface area contributed by atoms with E-state index < -0.39 is 11.9 Å². The number of carboxylic acids is 2. The molecule has 0 saturated heterocycles. The Labute approximate surface area is 215 Å². The highest BCUT2D eigenvalue weighted by Crippen LogP contribution is 2.49. The molecule has 1 atom stereocenters. The van der Waals surface area contributed by atoms with Gasteiger partial charge in [0.15, 0.2) is 0 Å². The number of nitrogens with zero attached hydrogens (tertiary/aromatic N) is 2. The van der Waals surface area contributed by atoms with Crippen molar-refractivity contribution < 1.29 is 34.1 Å². The lowest BCUT2D eigenvalue weighted by Gasteiger charge is -2.32. The summed E-state index contributed by atoms with van der Waals surface area (Å²) in [7, 11) is 7.56. The third-order valence-electron chi connectivity index (χ3n) is 5.15. The quantitative estimate of drug-likeness (QED) is 0.378. The fraction of sp³-hybridized carbons (Fsp3) is 0.346. The van der Waals surface area contributed by atoms with Gasteiger partial charge in [-0.15, -0.1) is 11.8 Å². The van der Waals surface area contributed by atoms with Gasteiger partial charge in [-0.05, 0) is 63.3 Å². The molecule has 2 N–H and O–H groups in total. The van der Waals surface area contributed by atoms with E-state index in [9.17, 15) is 14.4 Å². The monoisotopic (exact) mass is 516 g/mol. The number of carbonyl (C=O) groups excluding carboxylic acids is 1. The van der Waals surface area contributed by atoms with Crippen LogP contribution in [-0.4, -0.2) is 74.4 Å². The van der Waals surface area contributed by atoms with Crippen molar-refractivity contribution in [3.63, 3.8) is 0 Å². The summed E-state index contributed by atoms with van der Waals surface area (Å²) in [5.41, 5.74) is 2.99. The Hall–Kier alpha value is -3.50. The largest absolute Gasteiger partial charge is 0.497 e. The summed E-state index contributed by atoms with van der Waals surface area (Å²) in [6.07, 6.45) is 2.04. The third kappa shape index (κ3) is 8.31. The number of methoxy groups -OCH3 is 1. The maximum Gasteiger partial charge on any atom is 0.328 e. The van der Waals surface area contributed by atoms with Gasteiger partial charge >= 0.3 is 11.9 Å². The number of hydrogen-bond acceptors (Lipinski definition) is 7. The Morgan fingerprint density at radius 2 is 1.78 bits per heavy atom. The van der Waals surface area contributed by atoms with Gasteiger partial charge in [0.25, 0.3) is 0 Å². The lowest BCUT2D eigenvalue weighted by Crippen LogP contribution is -2.34. The standard InChI is InChI=1S/C22H28N2O3S.C4H4O4/c1-15-7-9-18-20(13-15)28-21(22(25)24(18)4)17-14-16(26-5)8-10-19(17)27-12-6-11-23(2)3;5-3(6)1-2-4(7)8/h7-10,13-14,21H,6,11-12H2,1-5H3;1-2H,(H,5,6)(H,7,8)/b;2-1+. The molecule has 0 aliphatic carbocycles. The smallest absolute Gasteiger partial charge is 0.328 e. The van der Waals surface area contributed by atoms with Gasteiger partial charge in [-0.2, -0.15) is 0 Å². The average molecular weight is 517 g/mol. The molecule has 36 heavy (non-hydrogen) atoms. The highest BCUT2D eigenvalue weighted by Gasteiger charge is 2.34. The minimum Gasteiger partial charge on any atom is -0.497 e. The molecule has 2 aromatic carbocycles. The fourth-order valence-electron chi connectivity index (χ4n) is 3.36. The van der Waals surface area contributed by atoms with Crippen LogP contribution in [0.25, 0.3) is 0 Å². The van der Waals surface area contributed by atoms with E-state index in [4.69, 9.17) is 19.7 Å². The van der Waals surface area contributed by atoms with Crippen molar-refractivity contribution in [2.45, 2.75) is 23.5 Å². The normalized spacial score (nSPS) is 14.8. The lowest BCUT2D eigenvalue weighted by atomic mass is 10.1. The van der Waals surface area contributed by atoms with Gasteiger partial charge in [-0.1, -0.05) is 6.07 Å². The lowest BCUT2D eigenvalue weighted by molar-refractivity contribution is -0.134. The van der Waals surface area contributed by atoms with Crippen LogP contribution in [0.1, 0.15) is 22.8 Å². The number of amides is 1. The summed E-state index contributed by atoms with van der Waals surface area (Å²) >= 11 is 1.58. The number of likely N-dealkylation sites (N-methyl/N-ethyl adjacent to an activating group) is 1. The highest BCUT2D eigenvalue weighted by atomic mass is 32.2. The Morgan fingerprint density at radius 1 is 1.11 bits per heavy atom. The Balaban J connectivity index is 0.000000493. The van der Waals surface area contributed by atoms with Gasteiger partial charge in [0.2, 0.25) is 5.91 Å². The number of aliphatic carboxylic acids is 2. The van der Waals surface area contributed by atoms with E-state index in [0.717, 1.165) is 40.6 Å². The number of anilines is 1. The molecule has 1 unspecified atom stereocenters. The Bertz CT molecular complexity index is 1100. The van der Waals surface area contributed by atoms with Gasteiger partial charge in [-0.3, -0.25) is 4.79 Å². The van der Waals surface area contributed by atoms with Crippen LogP contribution in [0.2, 0.25) is 0 Å². The van der Waals surface area contributed by atoms with Crippen LogP contribution in [0, 0.1) is 6.92 Å². The molecule has 0 bridgehead atoms. The fourth-order valence-corrected chi connectivity index (χ4v) is 4.76. The second-order valence-corrected chi connectivity index (χ2v) is 9.43. The first-order chi connectivity index (χ1) is 17.0. The van der Waals surface area contributed by atoms with E-state index in [2.05, 4.69) is 17.9 Å². The molecule has 1 aliphatic rings. The van der Waals surface area contributed by atoms with Crippen LogP contribution in [-0.2, 0) is 14.4 Å². The number of fused-ring (bicyclic) bond motifs is 1. The van der Waals surface area contributed by atoms with E-state index in [1.807, 2.05) is 51.5 Å². The van der Waals surface area contributed by atoms with Crippen LogP contribution in [0.15, 0.2) is 53.4 Å². The molecule has 0 aromatic heterocycles. The van der Waals surface area contributed by atoms with Crippen LogP contribution in [0.4, 0.5) is 5.69 Å². The minimum absolute atomic E-state index is 0.0488. The van der Waals surface area contributed by atoms with Gasteiger partial charge in [0.05, 0.1) is 19.4 Å². The third-order valence-corrected chi connectivity index (χ3v) is 6.42. The number of ether oxygens (including phenoxy) is 2. The van der Waals surface area contributed by atoms with E-state index >= 15 is 0 Å². The molecule has 0 radical (unpaired) electrons. The van der Waals surface area contributed by atoms with E-state index in [1.54, 1.807) is 23.8 Å². The summed E-state index contributed by atoms with van der Waals surface area (Å²) in [6.45, 7) is 3.63. The first-order valence-corrected chi connectivity index (χ1v) is 12.1. The minimum atomic E-state index is -1.26. The van der Waals surface area contributed by atoms with E-state index in [-0.39, 0.29) is 11.2 Å². The average Bonchev–Trinajstić information content (AvgIpc) is 2.83. The Morgan fingerprint density at radius 3 is 2.36 bits per heavy atom. The SMILES string of the molecule is COc1ccc(OCCCN(C)C)c(C2Sc3cc(C)ccc3N(C)C2=O)c1.O=C(O)/C=C/C(=O)O. The first kappa shape index (κ1) is 28.7. The molecule has 9 nitrogen and oxygen atoms in total. The van der Waals surface area contributed by atoms with Crippen LogP contribution in [0.5, 0.6) is 11.5 Å². The van der Waals surface area contributed by atoms with Gasteiger partial charge in [-0.25, -0.2) is 9.59 Å². The zero-order valence-electron chi connectivity index (χ0n) is 21.1. The summed E-state index contributed by atoms with van der Waals surface area (Å²) in [6, 6.07) is 11.9. The van der Waals surface area contributed by atoms with Crippen molar-refractivity contribution in [1.29, 1.82) is 0 Å². The van der Waals surface area contributed by atoms with E-state index in [1.165, 1.54) is 5.56 Å². The molecule has 0 spiro atoms. The van der Waals surface area contributed by atoms with Crippen molar-refractivity contribution in [3.05, 3.63) is 59.7 Å². The van der Waals surface area contributed by atoms with Gasteiger partial charge < -0.3 is 29.5 Å². The number of benzene rings is 2. The molecular weight excluding hydrogens is 484 g/mol.